The quantitative estimate of drug-likeness (QED) is 0.423. The van der Waals surface area contributed by atoms with Crippen molar-refractivity contribution in [2.45, 2.75) is 69.2 Å². The number of ether oxygens (including phenoxy) is 1. The SMILES string of the molecule is COCC(C)NC1CCC(Nc2cc(-c3cc(NCC4(O)CC4)ccc3F)c(F)cn2)CC1. The summed E-state index contributed by atoms with van der Waals surface area (Å²) >= 11 is 0. The Balaban J connectivity index is 1.40. The maximum absolute atomic E-state index is 14.6. The van der Waals surface area contributed by atoms with Gasteiger partial charge in [-0.2, -0.15) is 0 Å². The van der Waals surface area contributed by atoms with E-state index in [0.717, 1.165) is 44.7 Å². The number of aromatic nitrogens is 1. The van der Waals surface area contributed by atoms with E-state index in [4.69, 9.17) is 4.74 Å². The number of methoxy groups -OCH3 is 1. The van der Waals surface area contributed by atoms with Crippen LogP contribution in [0.1, 0.15) is 45.4 Å². The lowest BCUT2D eigenvalue weighted by molar-refractivity contribution is 0.161. The summed E-state index contributed by atoms with van der Waals surface area (Å²) in [5.74, 6) is -0.531. The molecule has 0 amide bonds. The molecule has 4 N–H and O–H groups in total. The van der Waals surface area contributed by atoms with Crippen molar-refractivity contribution in [2.24, 2.45) is 0 Å². The normalized spacial score (nSPS) is 22.6. The van der Waals surface area contributed by atoms with Crippen LogP contribution in [0.2, 0.25) is 0 Å². The fraction of sp³-hybridized carbons (Fsp3) is 0.560. The Kier molecular flexibility index (Phi) is 7.46. The second-order valence-corrected chi connectivity index (χ2v) is 9.54. The first-order valence-corrected chi connectivity index (χ1v) is 11.8. The smallest absolute Gasteiger partial charge is 0.149 e. The minimum Gasteiger partial charge on any atom is -0.388 e. The molecule has 2 aliphatic carbocycles. The maximum atomic E-state index is 14.6. The zero-order valence-corrected chi connectivity index (χ0v) is 19.3. The average Bonchev–Trinajstić information content (AvgIpc) is 3.53. The molecule has 6 nitrogen and oxygen atoms in total. The van der Waals surface area contributed by atoms with E-state index in [-0.39, 0.29) is 17.2 Å². The number of rotatable bonds is 10. The average molecular weight is 461 g/mol. The van der Waals surface area contributed by atoms with Crippen molar-refractivity contribution in [1.29, 1.82) is 0 Å². The van der Waals surface area contributed by atoms with Crippen molar-refractivity contribution in [3.05, 3.63) is 42.1 Å². The third-order valence-corrected chi connectivity index (χ3v) is 6.58. The van der Waals surface area contributed by atoms with E-state index in [2.05, 4.69) is 27.9 Å². The third-order valence-electron chi connectivity index (χ3n) is 6.58. The first-order valence-electron chi connectivity index (χ1n) is 11.8. The van der Waals surface area contributed by atoms with Crippen LogP contribution >= 0.6 is 0 Å². The molecule has 8 heteroatoms. The van der Waals surface area contributed by atoms with Crippen LogP contribution in [-0.2, 0) is 4.74 Å². The molecular formula is C25H34F2N4O2. The zero-order valence-electron chi connectivity index (χ0n) is 19.3. The van der Waals surface area contributed by atoms with Crippen molar-refractivity contribution < 1.29 is 18.6 Å². The summed E-state index contributed by atoms with van der Waals surface area (Å²) in [4.78, 5) is 4.19. The van der Waals surface area contributed by atoms with Gasteiger partial charge < -0.3 is 25.8 Å². The van der Waals surface area contributed by atoms with Crippen molar-refractivity contribution in [2.75, 3.05) is 30.9 Å². The van der Waals surface area contributed by atoms with E-state index in [1.807, 2.05) is 0 Å². The van der Waals surface area contributed by atoms with E-state index in [0.29, 0.717) is 36.7 Å². The largest absolute Gasteiger partial charge is 0.388 e. The van der Waals surface area contributed by atoms with Gasteiger partial charge in [0.1, 0.15) is 17.5 Å². The highest BCUT2D eigenvalue weighted by Gasteiger charge is 2.39. The lowest BCUT2D eigenvalue weighted by Crippen LogP contribution is -2.42. The topological polar surface area (TPSA) is 78.4 Å². The van der Waals surface area contributed by atoms with Gasteiger partial charge in [0.25, 0.3) is 0 Å². The van der Waals surface area contributed by atoms with Gasteiger partial charge >= 0.3 is 0 Å². The minimum atomic E-state index is -0.677. The molecule has 0 bridgehead atoms. The predicted octanol–water partition coefficient (Wildman–Crippen LogP) is 4.31. The highest BCUT2D eigenvalue weighted by Crippen LogP contribution is 2.36. The second kappa shape index (κ2) is 10.3. The molecule has 2 fully saturated rings. The lowest BCUT2D eigenvalue weighted by Gasteiger charge is -2.31. The number of halogens is 2. The number of hydrogen-bond acceptors (Lipinski definition) is 6. The molecule has 180 valence electrons. The third kappa shape index (κ3) is 6.40. The predicted molar refractivity (Wildman–Crippen MR) is 126 cm³/mol. The molecule has 2 saturated carbocycles. The summed E-state index contributed by atoms with van der Waals surface area (Å²) in [6.45, 7) is 3.20. The first kappa shape index (κ1) is 23.9. The highest BCUT2D eigenvalue weighted by molar-refractivity contribution is 5.71. The molecule has 0 radical (unpaired) electrons. The lowest BCUT2D eigenvalue weighted by atomic mass is 9.90. The molecule has 1 aromatic carbocycles. The number of nitrogens with zero attached hydrogens (tertiary/aromatic N) is 1. The van der Waals surface area contributed by atoms with Crippen molar-refractivity contribution >= 4 is 11.5 Å². The molecule has 1 aromatic heterocycles. The number of benzene rings is 1. The van der Waals surface area contributed by atoms with Crippen LogP contribution in [0, 0.1) is 11.6 Å². The Bertz CT molecular complexity index is 946. The minimum absolute atomic E-state index is 0.169. The fourth-order valence-corrected chi connectivity index (χ4v) is 4.47. The van der Waals surface area contributed by atoms with Gasteiger partial charge in [-0.15, -0.1) is 0 Å². The van der Waals surface area contributed by atoms with Gasteiger partial charge in [0, 0.05) is 48.6 Å². The Morgan fingerprint density at radius 1 is 1.09 bits per heavy atom. The summed E-state index contributed by atoms with van der Waals surface area (Å²) in [5, 5.41) is 20.2. The number of aliphatic hydroxyl groups is 1. The molecule has 0 aliphatic heterocycles. The molecule has 1 heterocycles. The van der Waals surface area contributed by atoms with E-state index in [1.54, 1.807) is 25.3 Å². The van der Waals surface area contributed by atoms with Crippen LogP contribution in [0.15, 0.2) is 30.5 Å². The summed E-state index contributed by atoms with van der Waals surface area (Å²) in [5.41, 5.74) is 0.309. The summed E-state index contributed by atoms with van der Waals surface area (Å²) in [6.07, 6.45) is 6.68. The number of nitrogens with one attached hydrogen (secondary N) is 3. The van der Waals surface area contributed by atoms with Gasteiger partial charge in [-0.3, -0.25) is 0 Å². The van der Waals surface area contributed by atoms with Gasteiger partial charge in [0.05, 0.1) is 18.4 Å². The zero-order chi connectivity index (χ0) is 23.4. The standard InChI is InChI=1S/C25H34F2N4O2/c1-16(14-33-2)30-17-3-5-18(6-4-17)31-24-12-21(23(27)13-28-24)20-11-19(7-8-22(20)26)29-15-25(32)9-10-25/h7-8,11-13,16-18,29-30,32H,3-6,9-10,14-15H2,1-2H3,(H,28,31). The van der Waals surface area contributed by atoms with Gasteiger partial charge in [0.15, 0.2) is 0 Å². The molecule has 1 atom stereocenters. The van der Waals surface area contributed by atoms with Crippen molar-refractivity contribution in [1.82, 2.24) is 10.3 Å². The molecule has 2 aromatic rings. The maximum Gasteiger partial charge on any atom is 0.149 e. The Labute approximate surface area is 194 Å². The summed E-state index contributed by atoms with van der Waals surface area (Å²) in [7, 11) is 1.71. The van der Waals surface area contributed by atoms with Crippen molar-refractivity contribution in [3.8, 4) is 11.1 Å². The molecule has 0 saturated heterocycles. The number of hydrogen-bond donors (Lipinski definition) is 4. The molecule has 0 spiro atoms. The van der Waals surface area contributed by atoms with Crippen LogP contribution in [0.3, 0.4) is 0 Å². The monoisotopic (exact) mass is 460 g/mol. The molecule has 1 unspecified atom stereocenters. The fourth-order valence-electron chi connectivity index (χ4n) is 4.47. The van der Waals surface area contributed by atoms with Gasteiger partial charge in [-0.05, 0) is 69.7 Å². The summed E-state index contributed by atoms with van der Waals surface area (Å²) < 4.78 is 34.4. The van der Waals surface area contributed by atoms with E-state index >= 15 is 0 Å². The summed E-state index contributed by atoms with van der Waals surface area (Å²) in [6, 6.07) is 7.10. The highest BCUT2D eigenvalue weighted by atomic mass is 19.1. The molecule has 2 aliphatic rings. The van der Waals surface area contributed by atoms with E-state index in [1.165, 1.54) is 6.07 Å². The van der Waals surface area contributed by atoms with Crippen LogP contribution in [0.5, 0.6) is 0 Å². The van der Waals surface area contributed by atoms with Crippen LogP contribution in [0.4, 0.5) is 20.3 Å². The van der Waals surface area contributed by atoms with Crippen LogP contribution in [0.25, 0.3) is 11.1 Å². The second-order valence-electron chi connectivity index (χ2n) is 9.54. The Morgan fingerprint density at radius 2 is 1.79 bits per heavy atom. The van der Waals surface area contributed by atoms with Crippen LogP contribution in [-0.4, -0.2) is 54.1 Å². The number of anilines is 2. The van der Waals surface area contributed by atoms with Gasteiger partial charge in [0.2, 0.25) is 0 Å². The van der Waals surface area contributed by atoms with Gasteiger partial charge in [-0.25, -0.2) is 13.8 Å². The Morgan fingerprint density at radius 3 is 2.48 bits per heavy atom. The molecule has 4 rings (SSSR count). The first-order chi connectivity index (χ1) is 15.8. The molecular weight excluding hydrogens is 426 g/mol. The van der Waals surface area contributed by atoms with Crippen LogP contribution < -0.4 is 16.0 Å². The Hall–Kier alpha value is -2.29. The van der Waals surface area contributed by atoms with Crippen molar-refractivity contribution in [3.63, 3.8) is 0 Å². The van der Waals surface area contributed by atoms with E-state index < -0.39 is 17.2 Å². The molecule has 33 heavy (non-hydrogen) atoms. The van der Waals surface area contributed by atoms with Gasteiger partial charge in [-0.1, -0.05) is 0 Å². The van der Waals surface area contributed by atoms with E-state index in [9.17, 15) is 13.9 Å². The number of pyridine rings is 1.